The summed E-state index contributed by atoms with van der Waals surface area (Å²) >= 11 is 1.74. The van der Waals surface area contributed by atoms with Crippen LogP contribution in [0.4, 0.5) is 5.69 Å². The molecule has 0 unspecified atom stereocenters. The SMILES string of the molecule is C1=Nc2cc3c(cc2Sc2ccccc21)COCO3. The van der Waals surface area contributed by atoms with E-state index in [1.54, 1.807) is 11.8 Å². The Morgan fingerprint density at radius 1 is 1.11 bits per heavy atom. The summed E-state index contributed by atoms with van der Waals surface area (Å²) in [4.78, 5) is 6.94. The summed E-state index contributed by atoms with van der Waals surface area (Å²) in [6.45, 7) is 0.928. The summed E-state index contributed by atoms with van der Waals surface area (Å²) in [5, 5.41) is 0. The molecule has 0 aliphatic carbocycles. The molecule has 0 saturated heterocycles. The molecule has 0 fully saturated rings. The minimum absolute atomic E-state index is 0.322. The molecule has 0 saturated carbocycles. The molecule has 0 N–H and O–H groups in total. The van der Waals surface area contributed by atoms with Gasteiger partial charge in [0.2, 0.25) is 0 Å². The number of hydrogen-bond acceptors (Lipinski definition) is 4. The quantitative estimate of drug-likeness (QED) is 0.622. The molecule has 2 aromatic rings. The number of benzene rings is 2. The lowest BCUT2D eigenvalue weighted by Crippen LogP contribution is -2.11. The third kappa shape index (κ3) is 1.93. The number of fused-ring (bicyclic) bond motifs is 3. The van der Waals surface area contributed by atoms with E-state index in [0.717, 1.165) is 27.5 Å². The van der Waals surface area contributed by atoms with Crippen LogP contribution < -0.4 is 4.74 Å². The molecule has 0 spiro atoms. The van der Waals surface area contributed by atoms with Crippen LogP contribution >= 0.6 is 11.8 Å². The Hall–Kier alpha value is -1.78. The molecule has 0 atom stereocenters. The molecule has 94 valence electrons. The standard InChI is InChI=1S/C15H11NO2S/c1-2-4-14-10(3-1)7-16-12-6-13-11(5-15(12)19-14)8-17-9-18-13/h1-7H,8-9H2. The monoisotopic (exact) mass is 269 g/mol. The highest BCUT2D eigenvalue weighted by Crippen LogP contribution is 2.42. The van der Waals surface area contributed by atoms with Gasteiger partial charge in [-0.05, 0) is 12.1 Å². The van der Waals surface area contributed by atoms with Crippen LogP contribution in [0.5, 0.6) is 5.75 Å². The normalized spacial score (nSPS) is 15.8. The third-order valence-electron chi connectivity index (χ3n) is 3.18. The van der Waals surface area contributed by atoms with Gasteiger partial charge in [-0.2, -0.15) is 0 Å². The van der Waals surface area contributed by atoms with Gasteiger partial charge in [-0.3, -0.25) is 4.99 Å². The molecule has 0 amide bonds. The van der Waals surface area contributed by atoms with Crippen molar-refractivity contribution < 1.29 is 9.47 Å². The van der Waals surface area contributed by atoms with Crippen molar-refractivity contribution in [3.8, 4) is 5.75 Å². The summed E-state index contributed by atoms with van der Waals surface area (Å²) in [7, 11) is 0. The van der Waals surface area contributed by atoms with Crippen molar-refractivity contribution in [3.05, 3.63) is 47.5 Å². The lowest BCUT2D eigenvalue weighted by Gasteiger charge is -2.19. The zero-order valence-corrected chi connectivity index (χ0v) is 10.9. The highest BCUT2D eigenvalue weighted by Gasteiger charge is 2.17. The lowest BCUT2D eigenvalue weighted by molar-refractivity contribution is -0.0164. The van der Waals surface area contributed by atoms with E-state index in [1.165, 1.54) is 4.90 Å². The van der Waals surface area contributed by atoms with E-state index in [-0.39, 0.29) is 0 Å². The molecular weight excluding hydrogens is 258 g/mol. The van der Waals surface area contributed by atoms with Crippen LogP contribution in [0.15, 0.2) is 51.2 Å². The molecule has 2 aromatic carbocycles. The van der Waals surface area contributed by atoms with E-state index in [2.05, 4.69) is 29.3 Å². The molecule has 0 bridgehead atoms. The van der Waals surface area contributed by atoms with E-state index < -0.39 is 0 Å². The second-order valence-electron chi connectivity index (χ2n) is 4.44. The maximum Gasteiger partial charge on any atom is 0.189 e. The largest absolute Gasteiger partial charge is 0.467 e. The minimum atomic E-state index is 0.322. The Morgan fingerprint density at radius 2 is 2.05 bits per heavy atom. The fraction of sp³-hybridized carbons (Fsp3) is 0.133. The van der Waals surface area contributed by atoms with Crippen LogP contribution in [0.1, 0.15) is 11.1 Å². The van der Waals surface area contributed by atoms with Gasteiger partial charge in [0.15, 0.2) is 6.79 Å². The predicted octanol–water partition coefficient (Wildman–Crippen LogP) is 3.77. The Bertz CT molecular complexity index is 682. The number of ether oxygens (including phenoxy) is 2. The molecule has 4 rings (SSSR count). The van der Waals surface area contributed by atoms with Crippen LogP contribution in [0.3, 0.4) is 0 Å². The van der Waals surface area contributed by atoms with Crippen LogP contribution in [-0.4, -0.2) is 13.0 Å². The third-order valence-corrected chi connectivity index (χ3v) is 4.32. The van der Waals surface area contributed by atoms with Gasteiger partial charge < -0.3 is 9.47 Å². The van der Waals surface area contributed by atoms with Gasteiger partial charge in [0.1, 0.15) is 5.75 Å². The van der Waals surface area contributed by atoms with Crippen molar-refractivity contribution in [2.24, 2.45) is 4.99 Å². The number of nitrogens with zero attached hydrogens (tertiary/aromatic N) is 1. The van der Waals surface area contributed by atoms with Crippen LogP contribution in [0.2, 0.25) is 0 Å². The predicted molar refractivity (Wildman–Crippen MR) is 74.5 cm³/mol. The van der Waals surface area contributed by atoms with Crippen LogP contribution in [0, 0.1) is 0 Å². The van der Waals surface area contributed by atoms with Gasteiger partial charge in [-0.25, -0.2) is 0 Å². The number of hydrogen-bond donors (Lipinski definition) is 0. The summed E-state index contributed by atoms with van der Waals surface area (Å²) in [5.41, 5.74) is 3.20. The average Bonchev–Trinajstić information content (AvgIpc) is 2.63. The smallest absolute Gasteiger partial charge is 0.189 e. The number of aliphatic imine (C=N–C) groups is 1. The highest BCUT2D eigenvalue weighted by atomic mass is 32.2. The molecule has 2 aliphatic heterocycles. The zero-order chi connectivity index (χ0) is 12.7. The Kier molecular flexibility index (Phi) is 2.57. The zero-order valence-electron chi connectivity index (χ0n) is 10.1. The highest BCUT2D eigenvalue weighted by molar-refractivity contribution is 7.99. The van der Waals surface area contributed by atoms with Gasteiger partial charge in [0.05, 0.1) is 12.3 Å². The molecule has 3 nitrogen and oxygen atoms in total. The van der Waals surface area contributed by atoms with Gasteiger partial charge in [0, 0.05) is 33.2 Å². The van der Waals surface area contributed by atoms with Crippen molar-refractivity contribution >= 4 is 23.7 Å². The first kappa shape index (κ1) is 11.1. The van der Waals surface area contributed by atoms with Crippen molar-refractivity contribution in [2.75, 3.05) is 6.79 Å². The molecule has 0 aromatic heterocycles. The minimum Gasteiger partial charge on any atom is -0.467 e. The molecule has 0 radical (unpaired) electrons. The Balaban J connectivity index is 1.86. The van der Waals surface area contributed by atoms with Crippen molar-refractivity contribution in [1.29, 1.82) is 0 Å². The summed E-state index contributed by atoms with van der Waals surface area (Å²) in [6.07, 6.45) is 1.92. The van der Waals surface area contributed by atoms with E-state index in [9.17, 15) is 0 Å². The first-order valence-corrected chi connectivity index (χ1v) is 6.90. The molecule has 2 aliphatic rings. The van der Waals surface area contributed by atoms with Crippen molar-refractivity contribution in [3.63, 3.8) is 0 Å². The van der Waals surface area contributed by atoms with Crippen molar-refractivity contribution in [2.45, 2.75) is 16.4 Å². The van der Waals surface area contributed by atoms with Gasteiger partial charge in [-0.15, -0.1) is 0 Å². The first-order valence-electron chi connectivity index (χ1n) is 6.08. The maximum atomic E-state index is 5.50. The van der Waals surface area contributed by atoms with Gasteiger partial charge in [0.25, 0.3) is 0 Å². The summed E-state index contributed by atoms with van der Waals surface area (Å²) in [5.74, 6) is 0.883. The van der Waals surface area contributed by atoms with E-state index >= 15 is 0 Å². The second kappa shape index (κ2) is 4.40. The Labute approximate surface area is 115 Å². The van der Waals surface area contributed by atoms with Gasteiger partial charge in [-0.1, -0.05) is 30.0 Å². The molecule has 2 heterocycles. The lowest BCUT2D eigenvalue weighted by atomic mass is 10.2. The van der Waals surface area contributed by atoms with Gasteiger partial charge >= 0.3 is 0 Å². The van der Waals surface area contributed by atoms with E-state index in [0.29, 0.717) is 13.4 Å². The maximum absolute atomic E-state index is 5.50. The van der Waals surface area contributed by atoms with E-state index in [1.807, 2.05) is 18.3 Å². The van der Waals surface area contributed by atoms with E-state index in [4.69, 9.17) is 9.47 Å². The molecule has 4 heteroatoms. The number of rotatable bonds is 0. The van der Waals surface area contributed by atoms with Crippen LogP contribution in [0.25, 0.3) is 0 Å². The topological polar surface area (TPSA) is 30.8 Å². The molecule has 19 heavy (non-hydrogen) atoms. The second-order valence-corrected chi connectivity index (χ2v) is 5.52. The fourth-order valence-electron chi connectivity index (χ4n) is 2.22. The fourth-order valence-corrected chi connectivity index (χ4v) is 3.26. The van der Waals surface area contributed by atoms with Crippen molar-refractivity contribution in [1.82, 2.24) is 0 Å². The van der Waals surface area contributed by atoms with Crippen LogP contribution in [-0.2, 0) is 11.3 Å². The molecular formula is C15H11NO2S. The first-order chi connectivity index (χ1) is 9.40. The summed E-state index contributed by atoms with van der Waals surface area (Å²) in [6, 6.07) is 12.4. The average molecular weight is 269 g/mol. The summed E-state index contributed by atoms with van der Waals surface area (Å²) < 4.78 is 10.8. The Morgan fingerprint density at radius 3 is 3.05 bits per heavy atom.